The fourth-order valence-corrected chi connectivity index (χ4v) is 4.26. The van der Waals surface area contributed by atoms with Gasteiger partial charge in [0.2, 0.25) is 0 Å². The third kappa shape index (κ3) is 3.21. The molecule has 0 N–H and O–H groups in total. The van der Waals surface area contributed by atoms with Crippen molar-refractivity contribution in [1.82, 2.24) is 5.01 Å². The maximum Gasteiger partial charge on any atom is 0.154 e. The van der Waals surface area contributed by atoms with Gasteiger partial charge in [0.25, 0.3) is 0 Å². The highest BCUT2D eigenvalue weighted by Crippen LogP contribution is 2.45. The molecular formula is C23H23FN2O2. The van der Waals surface area contributed by atoms with Crippen molar-refractivity contribution < 1.29 is 13.9 Å². The first-order chi connectivity index (χ1) is 13.5. The van der Waals surface area contributed by atoms with E-state index in [0.29, 0.717) is 0 Å². The maximum atomic E-state index is 13.5. The van der Waals surface area contributed by atoms with E-state index in [9.17, 15) is 9.18 Å². The lowest BCUT2D eigenvalue weighted by atomic mass is 9.77. The van der Waals surface area contributed by atoms with E-state index in [0.717, 1.165) is 41.1 Å². The van der Waals surface area contributed by atoms with Crippen LogP contribution in [0.25, 0.3) is 0 Å². The number of nitrogens with zero attached hydrogens (tertiary/aromatic N) is 2. The van der Waals surface area contributed by atoms with Gasteiger partial charge in [0, 0.05) is 23.3 Å². The van der Waals surface area contributed by atoms with Crippen molar-refractivity contribution in [2.75, 3.05) is 7.11 Å². The van der Waals surface area contributed by atoms with Crippen LogP contribution in [0, 0.1) is 11.7 Å². The third-order valence-electron chi connectivity index (χ3n) is 5.51. The Morgan fingerprint density at radius 2 is 1.96 bits per heavy atom. The molecule has 0 aromatic heterocycles. The number of fused-ring (bicyclic) bond motifs is 3. The van der Waals surface area contributed by atoms with Crippen LogP contribution in [0.4, 0.5) is 4.39 Å². The number of benzene rings is 2. The van der Waals surface area contributed by atoms with E-state index >= 15 is 0 Å². The number of hydrazone groups is 1. The molecule has 1 heterocycles. The first kappa shape index (κ1) is 18.4. The molecule has 2 aromatic rings. The molecule has 1 aliphatic carbocycles. The van der Waals surface area contributed by atoms with Gasteiger partial charge in [0.1, 0.15) is 11.6 Å². The topological polar surface area (TPSA) is 41.9 Å². The maximum absolute atomic E-state index is 13.5. The van der Waals surface area contributed by atoms with Crippen LogP contribution in [-0.2, 0) is 11.2 Å². The molecule has 0 radical (unpaired) electrons. The molecule has 28 heavy (non-hydrogen) atoms. The first-order valence-corrected chi connectivity index (χ1v) is 9.47. The van der Waals surface area contributed by atoms with Crippen molar-refractivity contribution in [3.8, 4) is 5.75 Å². The number of allylic oxidation sites excluding steroid dienone is 2. The lowest BCUT2D eigenvalue weighted by Crippen LogP contribution is -2.28. The molecule has 2 aromatic carbocycles. The van der Waals surface area contributed by atoms with E-state index in [1.807, 2.05) is 36.2 Å². The number of hydrogen-bond acceptors (Lipinski definition) is 4. The number of halogens is 1. The predicted molar refractivity (Wildman–Crippen MR) is 107 cm³/mol. The van der Waals surface area contributed by atoms with Gasteiger partial charge in [-0.1, -0.05) is 18.2 Å². The quantitative estimate of drug-likeness (QED) is 0.727. The standard InChI is InChI=1S/C23H23FN2O2/c1-14(12-15(2)27)26-23(17-4-8-18(24)9-5-17)20-11-7-16-6-10-19(28-3)13-21(16)22(20)25-26/h4-6,8-10,12-13,20,23H,7,11H2,1-3H3/b14-12+/t20-,23-/m1/s1. The summed E-state index contributed by atoms with van der Waals surface area (Å²) in [6, 6.07) is 12.6. The van der Waals surface area contributed by atoms with Gasteiger partial charge in [-0.2, -0.15) is 5.10 Å². The molecule has 0 unspecified atom stereocenters. The highest BCUT2D eigenvalue weighted by Gasteiger charge is 2.42. The summed E-state index contributed by atoms with van der Waals surface area (Å²) in [5, 5.41) is 6.86. The molecule has 144 valence electrons. The zero-order valence-corrected chi connectivity index (χ0v) is 16.3. The Morgan fingerprint density at radius 3 is 2.64 bits per heavy atom. The summed E-state index contributed by atoms with van der Waals surface area (Å²) in [6.45, 7) is 3.43. The Labute approximate surface area is 164 Å². The van der Waals surface area contributed by atoms with Crippen LogP contribution in [0.1, 0.15) is 43.0 Å². The Bertz CT molecular complexity index is 979. The number of ketones is 1. The summed E-state index contributed by atoms with van der Waals surface area (Å²) in [7, 11) is 1.66. The van der Waals surface area contributed by atoms with Crippen LogP contribution in [0.2, 0.25) is 0 Å². The molecule has 2 aliphatic rings. The predicted octanol–water partition coefficient (Wildman–Crippen LogP) is 4.65. The number of ether oxygens (including phenoxy) is 1. The second-order valence-electron chi connectivity index (χ2n) is 7.39. The van der Waals surface area contributed by atoms with Crippen LogP contribution in [0.15, 0.2) is 59.3 Å². The number of methoxy groups -OCH3 is 1. The molecule has 2 atom stereocenters. The molecule has 0 saturated heterocycles. The van der Waals surface area contributed by atoms with Gasteiger partial charge in [0.05, 0.1) is 18.9 Å². The summed E-state index contributed by atoms with van der Waals surface area (Å²) >= 11 is 0. The normalized spacial score (nSPS) is 21.1. The van der Waals surface area contributed by atoms with Gasteiger partial charge in [-0.05, 0) is 62.1 Å². The van der Waals surface area contributed by atoms with Gasteiger partial charge in [-0.25, -0.2) is 4.39 Å². The minimum atomic E-state index is -0.260. The minimum absolute atomic E-state index is 0.0208. The molecule has 0 saturated carbocycles. The number of aryl methyl sites for hydroxylation is 1. The Balaban J connectivity index is 1.83. The highest BCUT2D eigenvalue weighted by atomic mass is 19.1. The molecule has 5 heteroatoms. The van der Waals surface area contributed by atoms with Crippen molar-refractivity contribution in [2.24, 2.45) is 11.0 Å². The van der Waals surface area contributed by atoms with Gasteiger partial charge in [0.15, 0.2) is 5.78 Å². The fourth-order valence-electron chi connectivity index (χ4n) is 4.26. The van der Waals surface area contributed by atoms with Crippen molar-refractivity contribution in [1.29, 1.82) is 0 Å². The van der Waals surface area contributed by atoms with E-state index in [-0.39, 0.29) is 23.6 Å². The van der Waals surface area contributed by atoms with E-state index in [2.05, 4.69) is 6.07 Å². The van der Waals surface area contributed by atoms with Gasteiger partial charge < -0.3 is 4.74 Å². The molecule has 4 nitrogen and oxygen atoms in total. The zero-order chi connectivity index (χ0) is 19.8. The van der Waals surface area contributed by atoms with Crippen molar-refractivity contribution in [3.63, 3.8) is 0 Å². The summed E-state index contributed by atoms with van der Waals surface area (Å²) in [4.78, 5) is 11.7. The SMILES string of the molecule is COc1ccc2c(c1)C1=NN(/C(C)=C/C(C)=O)[C@H](c3ccc(F)cc3)[C@@H]1CC2. The molecule has 0 bridgehead atoms. The van der Waals surface area contributed by atoms with Gasteiger partial charge in [-0.15, -0.1) is 0 Å². The average molecular weight is 378 g/mol. The molecule has 4 rings (SSSR count). The molecule has 0 fully saturated rings. The second kappa shape index (κ2) is 7.23. The van der Waals surface area contributed by atoms with Crippen molar-refractivity contribution in [2.45, 2.75) is 32.7 Å². The monoisotopic (exact) mass is 378 g/mol. The number of rotatable bonds is 4. The average Bonchev–Trinajstić information content (AvgIpc) is 3.08. The van der Waals surface area contributed by atoms with E-state index in [1.54, 1.807) is 13.2 Å². The minimum Gasteiger partial charge on any atom is -0.497 e. The zero-order valence-electron chi connectivity index (χ0n) is 16.3. The summed E-state index contributed by atoms with van der Waals surface area (Å²) in [5.74, 6) is 0.687. The Morgan fingerprint density at radius 1 is 1.21 bits per heavy atom. The fraction of sp³-hybridized carbons (Fsp3) is 0.304. The van der Waals surface area contributed by atoms with Crippen molar-refractivity contribution in [3.05, 3.63) is 76.7 Å². The van der Waals surface area contributed by atoms with Crippen LogP contribution in [-0.4, -0.2) is 23.6 Å². The third-order valence-corrected chi connectivity index (χ3v) is 5.51. The second-order valence-corrected chi connectivity index (χ2v) is 7.39. The smallest absolute Gasteiger partial charge is 0.154 e. The summed E-state index contributed by atoms with van der Waals surface area (Å²) in [6.07, 6.45) is 3.50. The largest absolute Gasteiger partial charge is 0.497 e. The van der Waals surface area contributed by atoms with Crippen LogP contribution >= 0.6 is 0 Å². The number of carbonyl (C=O) groups is 1. The van der Waals surface area contributed by atoms with E-state index in [1.165, 1.54) is 24.6 Å². The molecular weight excluding hydrogens is 355 g/mol. The molecule has 0 spiro atoms. The number of hydrogen-bond donors (Lipinski definition) is 0. The van der Waals surface area contributed by atoms with Crippen molar-refractivity contribution >= 4 is 11.5 Å². The lowest BCUT2D eigenvalue weighted by Gasteiger charge is -2.31. The van der Waals surface area contributed by atoms with Gasteiger partial charge >= 0.3 is 0 Å². The van der Waals surface area contributed by atoms with Gasteiger partial charge in [-0.3, -0.25) is 9.80 Å². The first-order valence-electron chi connectivity index (χ1n) is 9.47. The van der Waals surface area contributed by atoms with E-state index < -0.39 is 0 Å². The Hall–Kier alpha value is -2.95. The number of carbonyl (C=O) groups excluding carboxylic acids is 1. The highest BCUT2D eigenvalue weighted by molar-refractivity contribution is 6.06. The molecule has 1 aliphatic heterocycles. The molecule has 0 amide bonds. The van der Waals surface area contributed by atoms with Crippen LogP contribution < -0.4 is 4.74 Å². The van der Waals surface area contributed by atoms with Crippen LogP contribution in [0.3, 0.4) is 0 Å². The summed E-state index contributed by atoms with van der Waals surface area (Å²) < 4.78 is 18.9. The Kier molecular flexibility index (Phi) is 4.75. The van der Waals surface area contributed by atoms with Crippen LogP contribution in [0.5, 0.6) is 5.75 Å². The summed E-state index contributed by atoms with van der Waals surface area (Å²) in [5.41, 5.74) is 5.14. The lowest BCUT2D eigenvalue weighted by molar-refractivity contribution is -0.112. The van der Waals surface area contributed by atoms with E-state index in [4.69, 9.17) is 9.84 Å².